The van der Waals surface area contributed by atoms with Gasteiger partial charge in [0.2, 0.25) is 0 Å². The van der Waals surface area contributed by atoms with Crippen molar-refractivity contribution in [2.75, 3.05) is 0 Å². The van der Waals surface area contributed by atoms with E-state index in [1.54, 1.807) is 30.5 Å². The van der Waals surface area contributed by atoms with Crippen LogP contribution in [0.15, 0.2) is 45.9 Å². The summed E-state index contributed by atoms with van der Waals surface area (Å²) in [5.41, 5.74) is 1.43. The van der Waals surface area contributed by atoms with Crippen LogP contribution < -0.4 is 0 Å². The van der Waals surface area contributed by atoms with Crippen LogP contribution in [-0.4, -0.2) is 22.2 Å². The lowest BCUT2D eigenvalue weighted by molar-refractivity contribution is 0.296. The summed E-state index contributed by atoms with van der Waals surface area (Å²) in [5, 5.41) is 12.7. The van der Waals surface area contributed by atoms with Crippen molar-refractivity contribution in [2.24, 2.45) is 22.7 Å². The molecule has 1 heterocycles. The van der Waals surface area contributed by atoms with Gasteiger partial charge in [-0.25, -0.2) is 13.8 Å². The van der Waals surface area contributed by atoms with Crippen LogP contribution in [0.1, 0.15) is 108 Å². The van der Waals surface area contributed by atoms with Crippen molar-refractivity contribution in [3.05, 3.63) is 59.4 Å². The number of halogens is 2. The summed E-state index contributed by atoms with van der Waals surface area (Å²) in [6.45, 7) is 4.45. The number of nitrogens with zero attached hydrogens (tertiary/aromatic N) is 3. The molecular formula is C34H42F2N4O. The first-order chi connectivity index (χ1) is 19.9. The van der Waals surface area contributed by atoms with Crippen LogP contribution in [0.2, 0.25) is 0 Å². The molecule has 2 aliphatic carbocycles. The van der Waals surface area contributed by atoms with Gasteiger partial charge in [-0.3, -0.25) is 5.41 Å². The highest BCUT2D eigenvalue weighted by Crippen LogP contribution is 2.38. The van der Waals surface area contributed by atoms with E-state index in [2.05, 4.69) is 29.0 Å². The van der Waals surface area contributed by atoms with Gasteiger partial charge in [0.05, 0.1) is 0 Å². The minimum atomic E-state index is -0.535. The summed E-state index contributed by atoms with van der Waals surface area (Å²) in [4.78, 5) is 9.06. The van der Waals surface area contributed by atoms with Gasteiger partial charge in [0.25, 0.3) is 5.89 Å². The molecule has 2 fully saturated rings. The first kappa shape index (κ1) is 29.3. The summed E-state index contributed by atoms with van der Waals surface area (Å²) in [6.07, 6.45) is 15.3. The van der Waals surface area contributed by atoms with Crippen molar-refractivity contribution in [1.29, 1.82) is 5.41 Å². The quantitative estimate of drug-likeness (QED) is 0.209. The zero-order valence-electron chi connectivity index (χ0n) is 24.3. The molecule has 2 saturated carbocycles. The molecule has 5 rings (SSSR count). The lowest BCUT2D eigenvalue weighted by Gasteiger charge is -2.27. The van der Waals surface area contributed by atoms with E-state index in [0.29, 0.717) is 28.7 Å². The maximum Gasteiger partial charge on any atom is 0.257 e. The highest BCUT2D eigenvalue weighted by molar-refractivity contribution is 5.95. The summed E-state index contributed by atoms with van der Waals surface area (Å²) in [7, 11) is 0. The molecule has 5 nitrogen and oxygen atoms in total. The molecule has 0 unspecified atom stereocenters. The standard InChI is InChI=1S/C34H42F2N4O/c1-3-5-22-7-12-25(13-8-22)32(37)38-21-24-11-17-30(35)28(19-24)29-20-27(16-18-31(29)36)34-39-33(40-41-34)26-14-9-23(6-4-2)10-15-26/h11,16-23,25-26,37H,3-10,12-15H2,1-2H3. The van der Waals surface area contributed by atoms with E-state index in [4.69, 9.17) is 9.93 Å². The Kier molecular flexibility index (Phi) is 9.73. The second kappa shape index (κ2) is 13.6. The number of aromatic nitrogens is 2. The van der Waals surface area contributed by atoms with Crippen molar-refractivity contribution >= 4 is 12.1 Å². The van der Waals surface area contributed by atoms with Crippen molar-refractivity contribution < 1.29 is 13.3 Å². The van der Waals surface area contributed by atoms with Crippen molar-refractivity contribution in [2.45, 2.75) is 96.8 Å². The van der Waals surface area contributed by atoms with Crippen LogP contribution in [0.4, 0.5) is 8.78 Å². The largest absolute Gasteiger partial charge is 0.334 e. The Labute approximate surface area is 242 Å². The van der Waals surface area contributed by atoms with Gasteiger partial charge >= 0.3 is 0 Å². The fourth-order valence-corrected chi connectivity index (χ4v) is 6.71. The molecule has 0 spiro atoms. The molecular weight excluding hydrogens is 518 g/mol. The summed E-state index contributed by atoms with van der Waals surface area (Å²) < 4.78 is 35.6. The summed E-state index contributed by atoms with van der Waals surface area (Å²) in [6, 6.07) is 8.99. The lowest BCUT2D eigenvalue weighted by Crippen LogP contribution is -2.20. The van der Waals surface area contributed by atoms with E-state index in [9.17, 15) is 4.39 Å². The molecule has 7 heteroatoms. The molecule has 0 amide bonds. The molecule has 2 aliphatic rings. The maximum atomic E-state index is 15.0. The second-order valence-electron chi connectivity index (χ2n) is 12.0. The van der Waals surface area contributed by atoms with Crippen LogP contribution >= 0.6 is 0 Å². The van der Waals surface area contributed by atoms with E-state index in [1.165, 1.54) is 50.7 Å². The normalized spacial score (nSPS) is 23.2. The Morgan fingerprint density at radius 3 is 2.15 bits per heavy atom. The number of hydrogen-bond donors (Lipinski definition) is 1. The van der Waals surface area contributed by atoms with Crippen LogP contribution in [0.25, 0.3) is 22.6 Å². The third-order valence-corrected chi connectivity index (χ3v) is 9.13. The highest BCUT2D eigenvalue weighted by Gasteiger charge is 2.26. The van der Waals surface area contributed by atoms with Gasteiger partial charge in [-0.1, -0.05) is 50.8 Å². The molecule has 0 aliphatic heterocycles. The van der Waals surface area contributed by atoms with Gasteiger partial charge in [-0.15, -0.1) is 0 Å². The first-order valence-corrected chi connectivity index (χ1v) is 15.5. The highest BCUT2D eigenvalue weighted by atomic mass is 19.1. The molecule has 3 aromatic rings. The van der Waals surface area contributed by atoms with E-state index in [1.807, 2.05) is 0 Å². The fraction of sp³-hybridized carbons (Fsp3) is 0.529. The number of rotatable bonds is 9. The minimum Gasteiger partial charge on any atom is -0.334 e. The number of benzene rings is 2. The van der Waals surface area contributed by atoms with Crippen LogP contribution in [0, 0.1) is 34.8 Å². The topological polar surface area (TPSA) is 75.1 Å². The average Bonchev–Trinajstić information content (AvgIpc) is 3.49. The average molecular weight is 561 g/mol. The van der Waals surface area contributed by atoms with Gasteiger partial charge in [-0.2, -0.15) is 4.98 Å². The molecule has 41 heavy (non-hydrogen) atoms. The number of nitrogens with one attached hydrogen (secondary N) is 1. The van der Waals surface area contributed by atoms with Crippen molar-refractivity contribution in [1.82, 2.24) is 10.1 Å². The van der Waals surface area contributed by atoms with Gasteiger partial charge in [0.1, 0.15) is 17.5 Å². The summed E-state index contributed by atoms with van der Waals surface area (Å²) >= 11 is 0. The number of hydrogen-bond acceptors (Lipinski definition) is 4. The molecule has 1 aromatic heterocycles. The Morgan fingerprint density at radius 1 is 0.878 bits per heavy atom. The van der Waals surface area contributed by atoms with E-state index in [-0.39, 0.29) is 23.0 Å². The maximum absolute atomic E-state index is 15.0. The van der Waals surface area contributed by atoms with Crippen LogP contribution in [-0.2, 0) is 0 Å². The first-order valence-electron chi connectivity index (χ1n) is 15.5. The van der Waals surface area contributed by atoms with Gasteiger partial charge in [-0.05, 0) is 99.1 Å². The monoisotopic (exact) mass is 560 g/mol. The SMILES string of the molecule is CCCC1CCC(C(=N)N=Cc2ccc(F)c(-c3cc(-c4nc(C5CCC(CCC)CC5)no4)ccc3F)c2)CC1. The van der Waals surface area contributed by atoms with Crippen LogP contribution in [0.3, 0.4) is 0 Å². The Hall–Kier alpha value is -3.22. The second-order valence-corrected chi connectivity index (χ2v) is 12.0. The third-order valence-electron chi connectivity index (χ3n) is 9.13. The Bertz CT molecular complexity index is 1350. The lowest BCUT2D eigenvalue weighted by atomic mass is 9.79. The van der Waals surface area contributed by atoms with Crippen molar-refractivity contribution in [3.8, 4) is 22.6 Å². The molecule has 2 aromatic carbocycles. The molecule has 218 valence electrons. The predicted octanol–water partition coefficient (Wildman–Crippen LogP) is 9.76. The van der Waals surface area contributed by atoms with E-state index < -0.39 is 11.6 Å². The smallest absolute Gasteiger partial charge is 0.257 e. The van der Waals surface area contributed by atoms with E-state index in [0.717, 1.165) is 50.4 Å². The zero-order valence-corrected chi connectivity index (χ0v) is 24.3. The minimum absolute atomic E-state index is 0.124. The molecule has 0 radical (unpaired) electrons. The number of amidine groups is 1. The molecule has 0 saturated heterocycles. The van der Waals surface area contributed by atoms with Crippen molar-refractivity contribution in [3.63, 3.8) is 0 Å². The molecule has 1 N–H and O–H groups in total. The molecule has 0 bridgehead atoms. The number of aliphatic imine (C=N–C) groups is 1. The van der Waals surface area contributed by atoms with Gasteiger partial charge in [0, 0.05) is 34.7 Å². The van der Waals surface area contributed by atoms with Gasteiger partial charge < -0.3 is 4.52 Å². The van der Waals surface area contributed by atoms with Crippen LogP contribution in [0.5, 0.6) is 0 Å². The van der Waals surface area contributed by atoms with E-state index >= 15 is 4.39 Å². The Balaban J connectivity index is 1.30. The molecule has 0 atom stereocenters. The Morgan fingerprint density at radius 2 is 1.49 bits per heavy atom. The fourth-order valence-electron chi connectivity index (χ4n) is 6.71. The predicted molar refractivity (Wildman–Crippen MR) is 160 cm³/mol. The third kappa shape index (κ3) is 7.17. The zero-order chi connectivity index (χ0) is 28.8. The summed E-state index contributed by atoms with van der Waals surface area (Å²) in [5.74, 6) is 2.31. The van der Waals surface area contributed by atoms with Gasteiger partial charge in [0.15, 0.2) is 5.82 Å².